The highest BCUT2D eigenvalue weighted by Gasteiger charge is 2.20. The number of amides is 2. The van der Waals surface area contributed by atoms with Gasteiger partial charge in [-0.3, -0.25) is 5.32 Å². The van der Waals surface area contributed by atoms with E-state index >= 15 is 0 Å². The van der Waals surface area contributed by atoms with E-state index in [1.807, 2.05) is 32.9 Å². The molecule has 2 amide bonds. The molecule has 160 valence electrons. The predicted octanol–water partition coefficient (Wildman–Crippen LogP) is 3.83. The zero-order valence-electron chi connectivity index (χ0n) is 16.8. The summed E-state index contributed by atoms with van der Waals surface area (Å²) in [7, 11) is -3.60. The van der Waals surface area contributed by atoms with Crippen LogP contribution in [0.2, 0.25) is 0 Å². The van der Waals surface area contributed by atoms with Gasteiger partial charge in [0.1, 0.15) is 5.75 Å². The molecular formula is C19H23N5O4S2. The van der Waals surface area contributed by atoms with Crippen LogP contribution in [-0.4, -0.2) is 36.0 Å². The highest BCUT2D eigenvalue weighted by atomic mass is 32.2. The van der Waals surface area contributed by atoms with E-state index in [0.717, 1.165) is 16.9 Å². The maximum absolute atomic E-state index is 12.4. The first-order chi connectivity index (χ1) is 14.2. The number of sulfone groups is 1. The number of aromatic amines is 1. The van der Waals surface area contributed by atoms with Gasteiger partial charge in [-0.2, -0.15) is 0 Å². The van der Waals surface area contributed by atoms with Gasteiger partial charge >= 0.3 is 6.03 Å². The molecule has 0 spiro atoms. The van der Waals surface area contributed by atoms with Gasteiger partial charge in [-0.1, -0.05) is 19.9 Å². The normalized spacial score (nSPS) is 11.5. The molecule has 3 rings (SSSR count). The van der Waals surface area contributed by atoms with Gasteiger partial charge < -0.3 is 15.0 Å². The van der Waals surface area contributed by atoms with E-state index in [0.29, 0.717) is 28.8 Å². The first-order valence-corrected chi connectivity index (χ1v) is 11.7. The molecule has 0 unspecified atom stereocenters. The molecule has 0 fully saturated rings. The number of benzene rings is 1. The minimum absolute atomic E-state index is 0.101. The highest BCUT2D eigenvalue weighted by Crippen LogP contribution is 2.27. The van der Waals surface area contributed by atoms with E-state index in [2.05, 4.69) is 25.6 Å². The summed E-state index contributed by atoms with van der Waals surface area (Å²) < 4.78 is 30.4. The van der Waals surface area contributed by atoms with E-state index in [4.69, 9.17) is 4.74 Å². The van der Waals surface area contributed by atoms with Crippen LogP contribution in [0.4, 0.5) is 15.6 Å². The van der Waals surface area contributed by atoms with Crippen LogP contribution in [0.5, 0.6) is 5.75 Å². The molecule has 0 atom stereocenters. The Kier molecular flexibility index (Phi) is 6.73. The second-order valence-corrected chi connectivity index (χ2v) is 10.1. The fraction of sp³-hybridized carbons (Fsp3) is 0.316. The molecule has 9 nitrogen and oxygen atoms in total. The lowest BCUT2D eigenvalue weighted by Crippen LogP contribution is -2.20. The Morgan fingerprint density at radius 3 is 2.77 bits per heavy atom. The van der Waals surface area contributed by atoms with Crippen molar-refractivity contribution in [2.24, 2.45) is 5.92 Å². The standard InChI is InChI=1S/C19H23N5O4S2/c1-12(2)10-28-16-8-13(3)4-5-15(16)23-17(25)24-18-22-9-14(29-18)11-30(26,27)19-20-6-7-21-19/h4-9,12H,10-11H2,1-3H3,(H,20,21)(H2,22,23,24,25). The summed E-state index contributed by atoms with van der Waals surface area (Å²) in [4.78, 5) is 23.3. The molecule has 3 aromatic rings. The average molecular weight is 450 g/mol. The van der Waals surface area contributed by atoms with Gasteiger partial charge in [0.25, 0.3) is 0 Å². The van der Waals surface area contributed by atoms with Gasteiger partial charge in [-0.25, -0.2) is 23.2 Å². The van der Waals surface area contributed by atoms with E-state index in [1.54, 1.807) is 6.07 Å². The number of H-pyrrole nitrogens is 1. The molecule has 1 aromatic carbocycles. The van der Waals surface area contributed by atoms with Gasteiger partial charge in [0.05, 0.1) is 18.0 Å². The molecule has 0 bridgehead atoms. The Morgan fingerprint density at radius 1 is 1.27 bits per heavy atom. The van der Waals surface area contributed by atoms with E-state index < -0.39 is 15.9 Å². The molecule has 0 aliphatic heterocycles. The van der Waals surface area contributed by atoms with Gasteiger partial charge in [0, 0.05) is 23.5 Å². The van der Waals surface area contributed by atoms with Crippen molar-refractivity contribution < 1.29 is 17.9 Å². The third-order valence-electron chi connectivity index (χ3n) is 3.83. The van der Waals surface area contributed by atoms with Crippen LogP contribution in [0.15, 0.2) is 41.9 Å². The second kappa shape index (κ2) is 9.26. The topological polar surface area (TPSA) is 126 Å². The third-order valence-corrected chi connectivity index (χ3v) is 6.43. The lowest BCUT2D eigenvalue weighted by Gasteiger charge is -2.14. The molecule has 30 heavy (non-hydrogen) atoms. The Balaban J connectivity index is 1.64. The number of imidazole rings is 1. The number of anilines is 2. The summed E-state index contributed by atoms with van der Waals surface area (Å²) in [5.74, 6) is 0.675. The number of aromatic nitrogens is 3. The van der Waals surface area contributed by atoms with Gasteiger partial charge in [-0.15, -0.1) is 11.3 Å². The average Bonchev–Trinajstić information content (AvgIpc) is 3.34. The molecule has 0 radical (unpaired) electrons. The number of thiazole rings is 1. The van der Waals surface area contributed by atoms with Crippen molar-refractivity contribution in [3.05, 3.63) is 47.2 Å². The molecule has 2 heterocycles. The van der Waals surface area contributed by atoms with E-state index in [1.165, 1.54) is 18.6 Å². The minimum Gasteiger partial charge on any atom is -0.491 e. The number of hydrogen-bond acceptors (Lipinski definition) is 7. The number of nitrogens with zero attached hydrogens (tertiary/aromatic N) is 2. The van der Waals surface area contributed by atoms with Crippen LogP contribution in [0.1, 0.15) is 24.3 Å². The van der Waals surface area contributed by atoms with Gasteiger partial charge in [0.15, 0.2) is 5.13 Å². The summed E-state index contributed by atoms with van der Waals surface area (Å²) in [5.41, 5.74) is 1.55. The molecule has 0 saturated carbocycles. The van der Waals surface area contributed by atoms with Crippen molar-refractivity contribution >= 4 is 38.0 Å². The SMILES string of the molecule is Cc1ccc(NC(=O)Nc2ncc(CS(=O)(=O)c3ncc[nH]3)s2)c(OCC(C)C)c1. The summed E-state index contributed by atoms with van der Waals surface area (Å²) in [6, 6.07) is 5.01. The van der Waals surface area contributed by atoms with E-state index in [-0.39, 0.29) is 16.0 Å². The minimum atomic E-state index is -3.60. The second-order valence-electron chi connectivity index (χ2n) is 7.07. The van der Waals surface area contributed by atoms with Crippen molar-refractivity contribution in [2.75, 3.05) is 17.2 Å². The molecule has 0 aliphatic carbocycles. The largest absolute Gasteiger partial charge is 0.491 e. The first kappa shape index (κ1) is 21.8. The van der Waals surface area contributed by atoms with Crippen LogP contribution >= 0.6 is 11.3 Å². The van der Waals surface area contributed by atoms with Gasteiger partial charge in [0.2, 0.25) is 15.0 Å². The maximum Gasteiger partial charge on any atom is 0.325 e. The lowest BCUT2D eigenvalue weighted by molar-refractivity contribution is 0.260. The Bertz CT molecular complexity index is 1110. The highest BCUT2D eigenvalue weighted by molar-refractivity contribution is 7.90. The van der Waals surface area contributed by atoms with Crippen LogP contribution in [0.3, 0.4) is 0 Å². The third kappa shape index (κ3) is 5.80. The zero-order valence-corrected chi connectivity index (χ0v) is 18.4. The zero-order chi connectivity index (χ0) is 21.7. The van der Waals surface area contributed by atoms with Crippen molar-refractivity contribution in [2.45, 2.75) is 31.7 Å². The summed E-state index contributed by atoms with van der Waals surface area (Å²) in [6.45, 7) is 6.56. The molecule has 11 heteroatoms. The number of urea groups is 1. The van der Waals surface area contributed by atoms with Crippen LogP contribution in [-0.2, 0) is 15.6 Å². The molecule has 3 N–H and O–H groups in total. The van der Waals surface area contributed by atoms with Crippen molar-refractivity contribution in [1.29, 1.82) is 0 Å². The number of nitrogens with one attached hydrogen (secondary N) is 3. The van der Waals surface area contributed by atoms with E-state index in [9.17, 15) is 13.2 Å². The number of hydrogen-bond donors (Lipinski definition) is 3. The predicted molar refractivity (Wildman–Crippen MR) is 116 cm³/mol. The summed E-state index contributed by atoms with van der Waals surface area (Å²) in [5, 5.41) is 5.56. The molecular weight excluding hydrogens is 426 g/mol. The first-order valence-electron chi connectivity index (χ1n) is 9.21. The monoisotopic (exact) mass is 449 g/mol. The quantitative estimate of drug-likeness (QED) is 0.480. The fourth-order valence-corrected chi connectivity index (χ4v) is 4.83. The maximum atomic E-state index is 12.4. The van der Waals surface area contributed by atoms with Crippen LogP contribution in [0.25, 0.3) is 0 Å². The van der Waals surface area contributed by atoms with Gasteiger partial charge in [-0.05, 0) is 30.5 Å². The Labute approximate surface area is 178 Å². The number of ether oxygens (including phenoxy) is 1. The molecule has 2 aromatic heterocycles. The van der Waals surface area contributed by atoms with Crippen molar-refractivity contribution in [1.82, 2.24) is 15.0 Å². The molecule has 0 saturated heterocycles. The molecule has 0 aliphatic rings. The van der Waals surface area contributed by atoms with Crippen LogP contribution in [0, 0.1) is 12.8 Å². The Morgan fingerprint density at radius 2 is 2.07 bits per heavy atom. The smallest absolute Gasteiger partial charge is 0.325 e. The van der Waals surface area contributed by atoms with Crippen LogP contribution < -0.4 is 15.4 Å². The summed E-state index contributed by atoms with van der Waals surface area (Å²) >= 11 is 1.08. The summed E-state index contributed by atoms with van der Waals surface area (Å²) in [6.07, 6.45) is 4.24. The fourth-order valence-electron chi connectivity index (χ4n) is 2.47. The number of rotatable bonds is 8. The van der Waals surface area contributed by atoms with Crippen molar-refractivity contribution in [3.63, 3.8) is 0 Å². The number of aryl methyl sites for hydroxylation is 1. The number of carbonyl (C=O) groups is 1. The van der Waals surface area contributed by atoms with Crippen molar-refractivity contribution in [3.8, 4) is 5.75 Å². The number of carbonyl (C=O) groups excluding carboxylic acids is 1. The lowest BCUT2D eigenvalue weighted by atomic mass is 10.2. The Hall–Kier alpha value is -2.92.